The number of amides is 2. The van der Waals surface area contributed by atoms with Gasteiger partial charge in [0.25, 0.3) is 0 Å². The van der Waals surface area contributed by atoms with Gasteiger partial charge in [0.2, 0.25) is 0 Å². The fraction of sp³-hybridized carbons (Fsp3) is 0.105. The second-order valence-corrected chi connectivity index (χ2v) is 6.45. The molecule has 3 aromatic rings. The maximum absolute atomic E-state index is 12.7. The highest BCUT2D eigenvalue weighted by molar-refractivity contribution is 7.97. The van der Waals surface area contributed by atoms with E-state index in [1.807, 2.05) is 30.3 Å². The Morgan fingerprint density at radius 2 is 1.89 bits per heavy atom. The Bertz CT molecular complexity index is 999. The van der Waals surface area contributed by atoms with Crippen LogP contribution in [0.15, 0.2) is 78.0 Å². The van der Waals surface area contributed by atoms with E-state index in [1.165, 1.54) is 12.3 Å². The molecule has 3 rings (SSSR count). The highest BCUT2D eigenvalue weighted by Gasteiger charge is 2.30. The van der Waals surface area contributed by atoms with Crippen molar-refractivity contribution in [2.24, 2.45) is 4.99 Å². The average Bonchev–Trinajstić information content (AvgIpc) is 2.69. The standard InChI is InChI=1S/C19H15F3N4OS/c20-19(21,22)15-6-4-5-14(11-15)13-28-25-18(27)24-16-9-10-26(23-12-16)17-7-2-1-3-8-17/h1-12H,13H2,(H,25,27). The van der Waals surface area contributed by atoms with Crippen LogP contribution in [0.1, 0.15) is 11.1 Å². The minimum Gasteiger partial charge on any atom is -0.280 e. The Labute approximate surface area is 163 Å². The number of carbonyl (C=O) groups is 1. The Morgan fingerprint density at radius 1 is 1.11 bits per heavy atom. The summed E-state index contributed by atoms with van der Waals surface area (Å²) in [7, 11) is 0. The minimum atomic E-state index is -4.39. The molecular formula is C19H15F3N4OS. The van der Waals surface area contributed by atoms with Crippen LogP contribution < -0.4 is 10.1 Å². The summed E-state index contributed by atoms with van der Waals surface area (Å²) in [5.41, 5.74) is 0.601. The summed E-state index contributed by atoms with van der Waals surface area (Å²) in [5, 5.41) is 4.56. The van der Waals surface area contributed by atoms with Crippen LogP contribution in [0.2, 0.25) is 0 Å². The van der Waals surface area contributed by atoms with E-state index in [4.69, 9.17) is 0 Å². The predicted molar refractivity (Wildman–Crippen MR) is 100 cm³/mol. The molecule has 1 heterocycles. The fourth-order valence-electron chi connectivity index (χ4n) is 2.31. The summed E-state index contributed by atoms with van der Waals surface area (Å²) in [5.74, 6) is 0.187. The number of hydrogen-bond acceptors (Lipinski definition) is 3. The number of rotatable bonds is 4. The molecule has 1 N–H and O–H groups in total. The van der Waals surface area contributed by atoms with Crippen LogP contribution in [0.4, 0.5) is 18.0 Å². The number of hydrogen-bond donors (Lipinski definition) is 1. The number of aromatic nitrogens is 2. The van der Waals surface area contributed by atoms with E-state index in [2.05, 4.69) is 14.8 Å². The normalized spacial score (nSPS) is 12.0. The third-order valence-corrected chi connectivity index (χ3v) is 4.40. The first-order valence-electron chi connectivity index (χ1n) is 8.15. The summed E-state index contributed by atoms with van der Waals surface area (Å²) < 4.78 is 42.2. The molecule has 0 aliphatic carbocycles. The first-order chi connectivity index (χ1) is 13.4. The second-order valence-electron chi connectivity index (χ2n) is 5.67. The summed E-state index contributed by atoms with van der Waals surface area (Å²) in [6, 6.07) is 15.4. The van der Waals surface area contributed by atoms with Crippen molar-refractivity contribution in [1.82, 2.24) is 14.5 Å². The van der Waals surface area contributed by atoms with Crippen molar-refractivity contribution < 1.29 is 18.0 Å². The van der Waals surface area contributed by atoms with Gasteiger partial charge >= 0.3 is 12.2 Å². The Kier molecular flexibility index (Phi) is 6.15. The molecule has 0 atom stereocenters. The number of nitrogens with zero attached hydrogens (tertiary/aromatic N) is 3. The molecule has 9 heteroatoms. The first kappa shape index (κ1) is 19.7. The van der Waals surface area contributed by atoms with Crippen LogP contribution in [0.5, 0.6) is 0 Å². The van der Waals surface area contributed by atoms with Crippen molar-refractivity contribution in [3.8, 4) is 5.69 Å². The molecule has 0 fully saturated rings. The lowest BCUT2D eigenvalue weighted by Gasteiger charge is -2.08. The van der Waals surface area contributed by atoms with Gasteiger partial charge in [-0.2, -0.15) is 23.3 Å². The van der Waals surface area contributed by atoms with Crippen LogP contribution in [-0.4, -0.2) is 15.8 Å². The predicted octanol–water partition coefficient (Wildman–Crippen LogP) is 4.35. The quantitative estimate of drug-likeness (QED) is 0.658. The minimum absolute atomic E-state index is 0.187. The summed E-state index contributed by atoms with van der Waals surface area (Å²) in [6.45, 7) is 0. The lowest BCUT2D eigenvalue weighted by molar-refractivity contribution is -0.137. The van der Waals surface area contributed by atoms with Crippen LogP contribution in [0.3, 0.4) is 0 Å². The molecule has 144 valence electrons. The molecule has 0 bridgehead atoms. The van der Waals surface area contributed by atoms with E-state index in [0.29, 0.717) is 10.9 Å². The van der Waals surface area contributed by atoms with Gasteiger partial charge in [0.05, 0.1) is 22.8 Å². The van der Waals surface area contributed by atoms with Gasteiger partial charge < -0.3 is 0 Å². The van der Waals surface area contributed by atoms with Crippen molar-refractivity contribution >= 4 is 18.0 Å². The molecule has 0 spiro atoms. The second kappa shape index (κ2) is 8.75. The summed E-state index contributed by atoms with van der Waals surface area (Å²) in [6.07, 6.45) is -1.27. The SMILES string of the molecule is O=C(N=c1ccn(-c2ccccc2)nc1)NSCc1cccc(C(F)(F)F)c1. The van der Waals surface area contributed by atoms with Gasteiger partial charge in [-0.1, -0.05) is 36.4 Å². The molecular weight excluding hydrogens is 389 g/mol. The van der Waals surface area contributed by atoms with Crippen molar-refractivity contribution in [2.45, 2.75) is 11.9 Å². The number of urea groups is 1. The third-order valence-electron chi connectivity index (χ3n) is 3.60. The highest BCUT2D eigenvalue weighted by Crippen LogP contribution is 2.30. The number of para-hydroxylation sites is 1. The van der Waals surface area contributed by atoms with Crippen molar-refractivity contribution in [3.05, 3.63) is 89.5 Å². The first-order valence-corrected chi connectivity index (χ1v) is 9.13. The Hall–Kier alpha value is -3.07. The number of halogens is 3. The van der Waals surface area contributed by atoms with E-state index in [-0.39, 0.29) is 5.75 Å². The van der Waals surface area contributed by atoms with E-state index < -0.39 is 17.8 Å². The molecule has 0 aliphatic rings. The molecule has 0 unspecified atom stereocenters. The number of carbonyl (C=O) groups excluding carboxylic acids is 1. The van der Waals surface area contributed by atoms with Crippen molar-refractivity contribution in [1.29, 1.82) is 0 Å². The maximum Gasteiger partial charge on any atom is 0.416 e. The zero-order valence-electron chi connectivity index (χ0n) is 14.4. The van der Waals surface area contributed by atoms with Crippen molar-refractivity contribution in [2.75, 3.05) is 0 Å². The molecule has 0 saturated carbocycles. The van der Waals surface area contributed by atoms with E-state index >= 15 is 0 Å². The zero-order chi connectivity index (χ0) is 20.0. The molecule has 0 saturated heterocycles. The maximum atomic E-state index is 12.7. The van der Waals surface area contributed by atoms with Gasteiger partial charge in [0.1, 0.15) is 0 Å². The van der Waals surface area contributed by atoms with Crippen LogP contribution in [-0.2, 0) is 11.9 Å². The van der Waals surface area contributed by atoms with Crippen LogP contribution in [0.25, 0.3) is 5.69 Å². The highest BCUT2D eigenvalue weighted by atomic mass is 32.2. The molecule has 0 radical (unpaired) electrons. The number of alkyl halides is 3. The number of benzene rings is 2. The monoisotopic (exact) mass is 404 g/mol. The molecule has 2 aromatic carbocycles. The van der Waals surface area contributed by atoms with Gasteiger partial charge in [-0.15, -0.1) is 0 Å². The molecule has 0 aliphatic heterocycles. The zero-order valence-corrected chi connectivity index (χ0v) is 15.2. The van der Waals surface area contributed by atoms with Gasteiger partial charge in [-0.25, -0.2) is 9.48 Å². The lowest BCUT2D eigenvalue weighted by atomic mass is 10.1. The third kappa shape index (κ3) is 5.46. The van der Waals surface area contributed by atoms with E-state index in [0.717, 1.165) is 29.8 Å². The van der Waals surface area contributed by atoms with Crippen LogP contribution >= 0.6 is 11.9 Å². The Balaban J connectivity index is 1.57. The lowest BCUT2D eigenvalue weighted by Crippen LogP contribution is -2.17. The van der Waals surface area contributed by atoms with Gasteiger partial charge in [-0.05, 0) is 41.8 Å². The number of nitrogens with one attached hydrogen (secondary N) is 1. The summed E-state index contributed by atoms with van der Waals surface area (Å²) >= 11 is 0.967. The molecule has 1 aromatic heterocycles. The van der Waals surface area contributed by atoms with Crippen LogP contribution in [0, 0.1) is 0 Å². The van der Waals surface area contributed by atoms with E-state index in [9.17, 15) is 18.0 Å². The molecule has 28 heavy (non-hydrogen) atoms. The molecule has 2 amide bonds. The fourth-order valence-corrected chi connectivity index (χ4v) is 2.90. The Morgan fingerprint density at radius 3 is 2.57 bits per heavy atom. The smallest absolute Gasteiger partial charge is 0.280 e. The summed E-state index contributed by atoms with van der Waals surface area (Å²) in [4.78, 5) is 15.7. The largest absolute Gasteiger partial charge is 0.416 e. The topological polar surface area (TPSA) is 59.3 Å². The van der Waals surface area contributed by atoms with Gasteiger partial charge in [-0.3, -0.25) is 4.72 Å². The van der Waals surface area contributed by atoms with Crippen molar-refractivity contribution in [3.63, 3.8) is 0 Å². The van der Waals surface area contributed by atoms with E-state index in [1.54, 1.807) is 23.0 Å². The van der Waals surface area contributed by atoms with Gasteiger partial charge in [0.15, 0.2) is 0 Å². The average molecular weight is 404 g/mol. The molecule has 5 nitrogen and oxygen atoms in total. The van der Waals surface area contributed by atoms with Gasteiger partial charge in [0, 0.05) is 11.9 Å².